The fourth-order valence-corrected chi connectivity index (χ4v) is 1.81. The van der Waals surface area contributed by atoms with E-state index in [2.05, 4.69) is 15.9 Å². The molecule has 2 nitrogen and oxygen atoms in total. The standard InChI is InChI=1S/C10H7BrCl2O2/c11-7-3-1-6(2-4-7)8(10(13)15)5-9(12)14/h1-4,8H,5H2/t8-/m0/s1. The molecule has 0 saturated carbocycles. The quantitative estimate of drug-likeness (QED) is 0.798. The maximum Gasteiger partial charge on any atom is 0.229 e. The molecule has 0 aliphatic carbocycles. The Morgan fingerprint density at radius 3 is 2.13 bits per heavy atom. The predicted octanol–water partition coefficient (Wildman–Crippen LogP) is 3.45. The molecule has 80 valence electrons. The first-order valence-electron chi connectivity index (χ1n) is 4.14. The van der Waals surface area contributed by atoms with Crippen LogP contribution in [0.5, 0.6) is 0 Å². The molecule has 1 atom stereocenters. The van der Waals surface area contributed by atoms with Crippen molar-refractivity contribution >= 4 is 49.6 Å². The number of halogens is 3. The van der Waals surface area contributed by atoms with Crippen molar-refractivity contribution in [3.05, 3.63) is 34.3 Å². The van der Waals surface area contributed by atoms with Crippen LogP contribution in [0.25, 0.3) is 0 Å². The Bertz CT molecular complexity index is 376. The summed E-state index contributed by atoms with van der Waals surface area (Å²) in [6.07, 6.45) is -0.0779. The normalized spacial score (nSPS) is 12.2. The molecule has 0 saturated heterocycles. The van der Waals surface area contributed by atoms with Crippen LogP contribution < -0.4 is 0 Å². The first-order chi connectivity index (χ1) is 7.00. The van der Waals surface area contributed by atoms with Crippen LogP contribution in [0.2, 0.25) is 0 Å². The SMILES string of the molecule is O=C(Cl)C[C@H](C(=O)Cl)c1ccc(Br)cc1. The highest BCUT2D eigenvalue weighted by molar-refractivity contribution is 9.10. The number of carbonyl (C=O) groups excluding carboxylic acids is 2. The van der Waals surface area contributed by atoms with Crippen LogP contribution in [0.15, 0.2) is 28.7 Å². The van der Waals surface area contributed by atoms with Gasteiger partial charge < -0.3 is 0 Å². The summed E-state index contributed by atoms with van der Waals surface area (Å²) in [4.78, 5) is 21.9. The smallest absolute Gasteiger partial charge is 0.229 e. The van der Waals surface area contributed by atoms with E-state index in [0.717, 1.165) is 4.47 Å². The molecule has 1 aromatic rings. The third kappa shape index (κ3) is 3.93. The Hall–Kier alpha value is -0.380. The summed E-state index contributed by atoms with van der Waals surface area (Å²) in [6.45, 7) is 0. The van der Waals surface area contributed by atoms with E-state index in [1.165, 1.54) is 0 Å². The van der Waals surface area contributed by atoms with Gasteiger partial charge in [0, 0.05) is 10.9 Å². The van der Waals surface area contributed by atoms with Gasteiger partial charge in [-0.05, 0) is 40.9 Å². The largest absolute Gasteiger partial charge is 0.281 e. The average Bonchev–Trinajstić information content (AvgIpc) is 2.15. The second kappa shape index (κ2) is 5.64. The molecule has 0 bridgehead atoms. The average molecular weight is 310 g/mol. The van der Waals surface area contributed by atoms with Gasteiger partial charge in [0.2, 0.25) is 10.5 Å². The molecule has 0 radical (unpaired) electrons. The maximum absolute atomic E-state index is 11.1. The van der Waals surface area contributed by atoms with E-state index in [9.17, 15) is 9.59 Å². The van der Waals surface area contributed by atoms with E-state index >= 15 is 0 Å². The molecular weight excluding hydrogens is 303 g/mol. The number of hydrogen-bond acceptors (Lipinski definition) is 2. The molecule has 0 heterocycles. The van der Waals surface area contributed by atoms with Crippen molar-refractivity contribution < 1.29 is 9.59 Å². The zero-order valence-electron chi connectivity index (χ0n) is 7.54. The Labute approximate surface area is 106 Å². The summed E-state index contributed by atoms with van der Waals surface area (Å²) in [5.41, 5.74) is 0.687. The molecule has 15 heavy (non-hydrogen) atoms. The molecule has 0 aromatic heterocycles. The zero-order valence-corrected chi connectivity index (χ0v) is 10.6. The van der Waals surface area contributed by atoms with Gasteiger partial charge in [-0.25, -0.2) is 0 Å². The van der Waals surface area contributed by atoms with Gasteiger partial charge in [-0.1, -0.05) is 28.1 Å². The highest BCUT2D eigenvalue weighted by Gasteiger charge is 2.21. The topological polar surface area (TPSA) is 34.1 Å². The molecule has 0 spiro atoms. The fraction of sp³-hybridized carbons (Fsp3) is 0.200. The van der Waals surface area contributed by atoms with Crippen LogP contribution in [0, 0.1) is 0 Å². The number of rotatable bonds is 4. The Morgan fingerprint density at radius 2 is 1.73 bits per heavy atom. The maximum atomic E-state index is 11.1. The number of benzene rings is 1. The lowest BCUT2D eigenvalue weighted by Crippen LogP contribution is -2.09. The first kappa shape index (κ1) is 12.7. The Kier molecular flexibility index (Phi) is 4.77. The molecule has 0 fully saturated rings. The summed E-state index contributed by atoms with van der Waals surface area (Å²) in [7, 11) is 0. The van der Waals surface area contributed by atoms with E-state index < -0.39 is 16.4 Å². The van der Waals surface area contributed by atoms with Crippen LogP contribution in [0.3, 0.4) is 0 Å². The van der Waals surface area contributed by atoms with Crippen LogP contribution in [0.4, 0.5) is 0 Å². The second-order valence-corrected chi connectivity index (χ2v) is 4.68. The fourth-order valence-electron chi connectivity index (χ4n) is 1.18. The van der Waals surface area contributed by atoms with Gasteiger partial charge in [0.05, 0.1) is 5.92 Å². The molecule has 0 unspecified atom stereocenters. The summed E-state index contributed by atoms with van der Waals surface area (Å²) in [5, 5.41) is -1.15. The second-order valence-electron chi connectivity index (χ2n) is 2.97. The van der Waals surface area contributed by atoms with Crippen molar-refractivity contribution in [1.29, 1.82) is 0 Å². The van der Waals surface area contributed by atoms with Gasteiger partial charge in [-0.15, -0.1) is 0 Å². The van der Waals surface area contributed by atoms with Crippen molar-refractivity contribution in [3.8, 4) is 0 Å². The van der Waals surface area contributed by atoms with Gasteiger partial charge in [-0.3, -0.25) is 9.59 Å². The third-order valence-electron chi connectivity index (χ3n) is 1.91. The minimum Gasteiger partial charge on any atom is -0.281 e. The van der Waals surface area contributed by atoms with Gasteiger partial charge >= 0.3 is 0 Å². The molecule has 0 aliphatic rings. The highest BCUT2D eigenvalue weighted by Crippen LogP contribution is 2.25. The van der Waals surface area contributed by atoms with Gasteiger partial charge in [-0.2, -0.15) is 0 Å². The summed E-state index contributed by atoms with van der Waals surface area (Å²) in [6, 6.07) is 7.02. The molecule has 0 N–H and O–H groups in total. The summed E-state index contributed by atoms with van der Waals surface area (Å²) < 4.78 is 0.893. The van der Waals surface area contributed by atoms with Crippen molar-refractivity contribution in [3.63, 3.8) is 0 Å². The van der Waals surface area contributed by atoms with Gasteiger partial charge in [0.1, 0.15) is 0 Å². The molecular formula is C10H7BrCl2O2. The zero-order chi connectivity index (χ0) is 11.4. The van der Waals surface area contributed by atoms with E-state index in [4.69, 9.17) is 23.2 Å². The Balaban J connectivity index is 2.94. The van der Waals surface area contributed by atoms with E-state index in [1.54, 1.807) is 24.3 Å². The van der Waals surface area contributed by atoms with Crippen LogP contribution in [-0.4, -0.2) is 10.5 Å². The highest BCUT2D eigenvalue weighted by atomic mass is 79.9. The third-order valence-corrected chi connectivity index (χ3v) is 2.86. The monoisotopic (exact) mass is 308 g/mol. The van der Waals surface area contributed by atoms with Gasteiger partial charge in [0.25, 0.3) is 0 Å². The van der Waals surface area contributed by atoms with E-state index in [1.807, 2.05) is 0 Å². The van der Waals surface area contributed by atoms with Gasteiger partial charge in [0.15, 0.2) is 0 Å². The number of hydrogen-bond donors (Lipinski definition) is 0. The van der Waals surface area contributed by atoms with Crippen molar-refractivity contribution in [1.82, 2.24) is 0 Å². The Morgan fingerprint density at radius 1 is 1.20 bits per heavy atom. The molecule has 1 aromatic carbocycles. The minimum absolute atomic E-state index is 0.0779. The predicted molar refractivity (Wildman–Crippen MR) is 63.2 cm³/mol. The molecule has 0 aliphatic heterocycles. The van der Waals surface area contributed by atoms with Crippen molar-refractivity contribution in [2.24, 2.45) is 0 Å². The minimum atomic E-state index is -0.662. The van der Waals surface area contributed by atoms with E-state index in [0.29, 0.717) is 5.56 Å². The summed E-state index contributed by atoms with van der Waals surface area (Å²) in [5.74, 6) is -0.662. The van der Waals surface area contributed by atoms with Crippen molar-refractivity contribution in [2.75, 3.05) is 0 Å². The lowest BCUT2D eigenvalue weighted by atomic mass is 9.98. The van der Waals surface area contributed by atoms with Crippen LogP contribution in [-0.2, 0) is 9.59 Å². The number of carbonyl (C=O) groups is 2. The molecule has 5 heteroatoms. The molecule has 0 amide bonds. The summed E-state index contributed by atoms with van der Waals surface area (Å²) >= 11 is 13.9. The lowest BCUT2D eigenvalue weighted by Gasteiger charge is -2.10. The van der Waals surface area contributed by atoms with Crippen LogP contribution >= 0.6 is 39.1 Å². The van der Waals surface area contributed by atoms with E-state index in [-0.39, 0.29) is 6.42 Å². The molecule has 1 rings (SSSR count). The first-order valence-corrected chi connectivity index (χ1v) is 5.68. The van der Waals surface area contributed by atoms with Crippen LogP contribution in [0.1, 0.15) is 17.9 Å². The van der Waals surface area contributed by atoms with Crippen molar-refractivity contribution in [2.45, 2.75) is 12.3 Å². The lowest BCUT2D eigenvalue weighted by molar-refractivity contribution is -0.117.